The third kappa shape index (κ3) is 4.45. The first-order valence-electron chi connectivity index (χ1n) is 8.07. The highest BCUT2D eigenvalue weighted by Crippen LogP contribution is 2.27. The van der Waals surface area contributed by atoms with Gasteiger partial charge in [-0.3, -0.25) is 4.79 Å². The van der Waals surface area contributed by atoms with Gasteiger partial charge in [-0.1, -0.05) is 13.8 Å². The molecule has 0 radical (unpaired) electrons. The van der Waals surface area contributed by atoms with Gasteiger partial charge in [0.1, 0.15) is 5.54 Å². The van der Waals surface area contributed by atoms with Gasteiger partial charge in [0.05, 0.1) is 0 Å². The number of nitrogens with one attached hydrogen (secondary N) is 1. The molecule has 0 aliphatic heterocycles. The molecule has 0 aromatic rings. The Balaban J connectivity index is 2.37. The lowest BCUT2D eigenvalue weighted by atomic mass is 9.86. The Morgan fingerprint density at radius 1 is 1.35 bits per heavy atom. The quantitative estimate of drug-likeness (QED) is 0.719. The molecular weight excluding hydrogens is 252 g/mol. The van der Waals surface area contributed by atoms with E-state index in [1.54, 1.807) is 7.05 Å². The van der Waals surface area contributed by atoms with Gasteiger partial charge in [-0.15, -0.1) is 0 Å². The molecule has 0 saturated heterocycles. The third-order valence-corrected chi connectivity index (χ3v) is 5.21. The molecule has 0 aromatic heterocycles. The van der Waals surface area contributed by atoms with E-state index >= 15 is 0 Å². The van der Waals surface area contributed by atoms with Crippen molar-refractivity contribution in [2.75, 3.05) is 20.6 Å². The zero-order valence-corrected chi connectivity index (χ0v) is 13.6. The molecular formula is C16H32N2O2. The third-order valence-electron chi connectivity index (χ3n) is 5.21. The van der Waals surface area contributed by atoms with E-state index in [2.05, 4.69) is 24.2 Å². The standard InChI is InChI=1S/C16H32N2O2/c1-5-16(17-3,15(19)20)11-6-12-18(4)14-9-7-13(2)8-10-14/h13-14,17H,5-12H2,1-4H3,(H,19,20). The molecule has 1 rings (SSSR count). The van der Waals surface area contributed by atoms with Crippen molar-refractivity contribution in [3.05, 3.63) is 0 Å². The molecule has 2 N–H and O–H groups in total. The van der Waals surface area contributed by atoms with Crippen LogP contribution in [-0.2, 0) is 4.79 Å². The summed E-state index contributed by atoms with van der Waals surface area (Å²) in [7, 11) is 3.94. The summed E-state index contributed by atoms with van der Waals surface area (Å²) in [6.07, 6.45) is 7.51. The van der Waals surface area contributed by atoms with E-state index in [0.29, 0.717) is 18.9 Å². The van der Waals surface area contributed by atoms with Crippen LogP contribution in [0.2, 0.25) is 0 Å². The number of rotatable bonds is 8. The fourth-order valence-corrected chi connectivity index (χ4v) is 3.34. The molecule has 118 valence electrons. The molecule has 1 aliphatic carbocycles. The molecule has 0 amide bonds. The van der Waals surface area contributed by atoms with Gasteiger partial charge in [0.2, 0.25) is 0 Å². The normalized spacial score (nSPS) is 26.4. The number of hydrogen-bond donors (Lipinski definition) is 2. The molecule has 0 heterocycles. The average molecular weight is 284 g/mol. The predicted octanol–water partition coefficient (Wildman–Crippen LogP) is 2.73. The molecule has 4 heteroatoms. The molecule has 20 heavy (non-hydrogen) atoms. The highest BCUT2D eigenvalue weighted by Gasteiger charge is 2.34. The van der Waals surface area contributed by atoms with Gasteiger partial charge in [-0.2, -0.15) is 0 Å². The minimum Gasteiger partial charge on any atom is -0.480 e. The Hall–Kier alpha value is -0.610. The van der Waals surface area contributed by atoms with E-state index < -0.39 is 11.5 Å². The van der Waals surface area contributed by atoms with Crippen molar-refractivity contribution in [3.8, 4) is 0 Å². The Morgan fingerprint density at radius 3 is 2.40 bits per heavy atom. The average Bonchev–Trinajstić information content (AvgIpc) is 2.44. The minimum atomic E-state index is -0.748. The van der Waals surface area contributed by atoms with Crippen LogP contribution in [0.15, 0.2) is 0 Å². The predicted molar refractivity (Wildman–Crippen MR) is 83.0 cm³/mol. The van der Waals surface area contributed by atoms with Crippen molar-refractivity contribution < 1.29 is 9.90 Å². The largest absolute Gasteiger partial charge is 0.480 e. The molecule has 1 aliphatic rings. The zero-order valence-electron chi connectivity index (χ0n) is 13.6. The maximum Gasteiger partial charge on any atom is 0.323 e. The number of hydrogen-bond acceptors (Lipinski definition) is 3. The van der Waals surface area contributed by atoms with Crippen molar-refractivity contribution in [1.82, 2.24) is 10.2 Å². The van der Waals surface area contributed by atoms with Gasteiger partial charge < -0.3 is 15.3 Å². The van der Waals surface area contributed by atoms with Crippen LogP contribution in [0.5, 0.6) is 0 Å². The number of aliphatic carboxylic acids is 1. The summed E-state index contributed by atoms with van der Waals surface area (Å²) in [5, 5.41) is 12.4. The Labute approximate surface area is 123 Å². The van der Waals surface area contributed by atoms with Gasteiger partial charge in [-0.05, 0) is 71.5 Å². The lowest BCUT2D eigenvalue weighted by Gasteiger charge is -2.34. The van der Waals surface area contributed by atoms with Gasteiger partial charge in [0.25, 0.3) is 0 Å². The monoisotopic (exact) mass is 284 g/mol. The summed E-state index contributed by atoms with van der Waals surface area (Å²) in [6.45, 7) is 5.28. The number of likely N-dealkylation sites (N-methyl/N-ethyl adjacent to an activating group) is 1. The fraction of sp³-hybridized carbons (Fsp3) is 0.938. The van der Waals surface area contributed by atoms with Crippen molar-refractivity contribution >= 4 is 5.97 Å². The van der Waals surface area contributed by atoms with E-state index in [0.717, 1.165) is 18.9 Å². The number of nitrogens with zero attached hydrogens (tertiary/aromatic N) is 1. The topological polar surface area (TPSA) is 52.6 Å². The van der Waals surface area contributed by atoms with Crippen LogP contribution in [0.4, 0.5) is 0 Å². The van der Waals surface area contributed by atoms with Crippen LogP contribution in [0.1, 0.15) is 58.8 Å². The van der Waals surface area contributed by atoms with Crippen molar-refractivity contribution in [2.24, 2.45) is 5.92 Å². The van der Waals surface area contributed by atoms with Crippen LogP contribution in [0.25, 0.3) is 0 Å². The molecule has 1 saturated carbocycles. The second-order valence-corrected chi connectivity index (χ2v) is 6.49. The van der Waals surface area contributed by atoms with Crippen molar-refractivity contribution in [2.45, 2.75) is 70.4 Å². The lowest BCUT2D eigenvalue weighted by molar-refractivity contribution is -0.145. The highest BCUT2D eigenvalue weighted by atomic mass is 16.4. The van der Waals surface area contributed by atoms with Gasteiger partial charge in [0, 0.05) is 6.04 Å². The summed E-state index contributed by atoms with van der Waals surface area (Å²) in [5.41, 5.74) is -0.748. The Bertz CT molecular complexity index is 295. The first kappa shape index (κ1) is 17.4. The van der Waals surface area contributed by atoms with Gasteiger partial charge in [-0.25, -0.2) is 0 Å². The second-order valence-electron chi connectivity index (χ2n) is 6.49. The van der Waals surface area contributed by atoms with Crippen molar-refractivity contribution in [1.29, 1.82) is 0 Å². The zero-order chi connectivity index (χ0) is 15.2. The van der Waals surface area contributed by atoms with E-state index in [1.165, 1.54) is 25.7 Å². The van der Waals surface area contributed by atoms with E-state index in [4.69, 9.17) is 0 Å². The number of carboxylic acids is 1. The Kier molecular flexibility index (Phi) is 6.96. The maximum absolute atomic E-state index is 11.4. The lowest BCUT2D eigenvalue weighted by Crippen LogP contribution is -2.50. The van der Waals surface area contributed by atoms with Gasteiger partial charge in [0.15, 0.2) is 0 Å². The fourth-order valence-electron chi connectivity index (χ4n) is 3.34. The van der Waals surface area contributed by atoms with Crippen molar-refractivity contribution in [3.63, 3.8) is 0 Å². The maximum atomic E-state index is 11.4. The Morgan fingerprint density at radius 2 is 1.95 bits per heavy atom. The molecule has 1 fully saturated rings. The second kappa shape index (κ2) is 7.99. The summed E-state index contributed by atoms with van der Waals surface area (Å²) < 4.78 is 0. The molecule has 0 bridgehead atoms. The molecule has 1 unspecified atom stereocenters. The molecule has 0 aromatic carbocycles. The first-order valence-corrected chi connectivity index (χ1v) is 8.07. The summed E-state index contributed by atoms with van der Waals surface area (Å²) in [5.74, 6) is 0.153. The minimum absolute atomic E-state index is 0.628. The smallest absolute Gasteiger partial charge is 0.323 e. The molecule has 0 spiro atoms. The number of carbonyl (C=O) groups is 1. The molecule has 1 atom stereocenters. The van der Waals surface area contributed by atoms with Crippen LogP contribution in [0, 0.1) is 5.92 Å². The molecule has 4 nitrogen and oxygen atoms in total. The SMILES string of the molecule is CCC(CCCN(C)C1CCC(C)CC1)(NC)C(=O)O. The summed E-state index contributed by atoms with van der Waals surface area (Å²) >= 11 is 0. The van der Waals surface area contributed by atoms with Crippen LogP contribution >= 0.6 is 0 Å². The van der Waals surface area contributed by atoms with Crippen LogP contribution < -0.4 is 5.32 Å². The highest BCUT2D eigenvalue weighted by molar-refractivity contribution is 5.78. The summed E-state index contributed by atoms with van der Waals surface area (Å²) in [4.78, 5) is 13.9. The van der Waals surface area contributed by atoms with Crippen LogP contribution in [0.3, 0.4) is 0 Å². The van der Waals surface area contributed by atoms with Crippen LogP contribution in [-0.4, -0.2) is 48.2 Å². The number of carboxylic acid groups (broad SMARTS) is 1. The summed E-state index contributed by atoms with van der Waals surface area (Å²) in [6, 6.07) is 0.696. The first-order chi connectivity index (χ1) is 9.45. The van der Waals surface area contributed by atoms with Gasteiger partial charge >= 0.3 is 5.97 Å². The van der Waals surface area contributed by atoms with E-state index in [9.17, 15) is 9.90 Å². The van der Waals surface area contributed by atoms with E-state index in [1.807, 2.05) is 6.92 Å². The van der Waals surface area contributed by atoms with E-state index in [-0.39, 0.29) is 0 Å².